The van der Waals surface area contributed by atoms with Crippen LogP contribution in [0.2, 0.25) is 0 Å². The number of hydrogen-bond donors (Lipinski definition) is 0. The number of fused-ring (bicyclic) bond motifs is 6. The summed E-state index contributed by atoms with van der Waals surface area (Å²) in [5, 5.41) is 3.62. The van der Waals surface area contributed by atoms with Gasteiger partial charge in [0.2, 0.25) is 0 Å². The molecular weight excluding hydrogens is 907 g/mol. The van der Waals surface area contributed by atoms with Crippen LogP contribution in [0.3, 0.4) is 0 Å². The number of rotatable bonds is 10. The van der Waals surface area contributed by atoms with Crippen molar-refractivity contribution in [3.05, 3.63) is 303 Å². The van der Waals surface area contributed by atoms with Crippen molar-refractivity contribution < 1.29 is 0 Å². The summed E-state index contributed by atoms with van der Waals surface area (Å²) in [5.41, 5.74) is 21.3. The molecule has 2 atom stereocenters. The third-order valence-corrected chi connectivity index (χ3v) is 15.3. The zero-order valence-corrected chi connectivity index (χ0v) is 41.3. The van der Waals surface area contributed by atoms with E-state index in [1.54, 1.807) is 0 Å². The van der Waals surface area contributed by atoms with Crippen LogP contribution in [0.15, 0.2) is 297 Å². The van der Waals surface area contributed by atoms with Crippen molar-refractivity contribution in [2.45, 2.75) is 12.0 Å². The van der Waals surface area contributed by atoms with E-state index in [1.165, 1.54) is 88.8 Å². The Labute approximate surface area is 438 Å². The van der Waals surface area contributed by atoms with Crippen LogP contribution in [0.5, 0.6) is 0 Å². The first-order chi connectivity index (χ1) is 37.2. The molecular formula is C72H51N3. The first-order valence-corrected chi connectivity index (χ1v) is 26.0. The summed E-state index contributed by atoms with van der Waals surface area (Å²) in [5.74, 6) is 0.231. The molecule has 0 saturated heterocycles. The Hall–Kier alpha value is -9.70. The maximum atomic E-state index is 2.51. The van der Waals surface area contributed by atoms with Crippen molar-refractivity contribution in [3.63, 3.8) is 0 Å². The van der Waals surface area contributed by atoms with Crippen molar-refractivity contribution in [1.29, 1.82) is 0 Å². The van der Waals surface area contributed by atoms with E-state index in [0.717, 1.165) is 28.3 Å². The lowest BCUT2D eigenvalue weighted by molar-refractivity contribution is 0.745. The van der Waals surface area contributed by atoms with E-state index in [9.17, 15) is 0 Å². The highest BCUT2D eigenvalue weighted by Crippen LogP contribution is 2.51. The molecule has 0 radical (unpaired) electrons. The molecule has 3 nitrogen and oxygen atoms in total. The standard InChI is InChI=1S/C72H51N3/c1-6-19-50(20-7-1)52-33-39-58(40-34-52)73(61-45-48-69-67(49-61)64-29-16-17-32-68(64)74(69)57-27-14-5-15-28-57)59-43-37-54(38-44-59)62-30-18-31-65-63(62)46-47-66-70(55-23-10-3-11-24-55)71(56-25-12-4-13-26-56)75(72(65)66)60-41-35-53(36-42-60)51-21-8-2-9-22-51/h1-49,64,68H. The van der Waals surface area contributed by atoms with E-state index in [1.807, 2.05) is 0 Å². The van der Waals surface area contributed by atoms with E-state index in [0.29, 0.717) is 0 Å². The Kier molecular flexibility index (Phi) is 11.0. The van der Waals surface area contributed by atoms with Gasteiger partial charge in [-0.25, -0.2) is 0 Å². The van der Waals surface area contributed by atoms with E-state index < -0.39 is 0 Å². The second-order valence-corrected chi connectivity index (χ2v) is 19.6. The molecule has 0 amide bonds. The Morgan fingerprint density at radius 3 is 1.47 bits per heavy atom. The highest BCUT2D eigenvalue weighted by Gasteiger charge is 2.38. The van der Waals surface area contributed by atoms with E-state index >= 15 is 0 Å². The first-order valence-electron chi connectivity index (χ1n) is 26.0. The van der Waals surface area contributed by atoms with E-state index in [2.05, 4.69) is 312 Å². The molecule has 0 bridgehead atoms. The summed E-state index contributed by atoms with van der Waals surface area (Å²) < 4.78 is 2.51. The zero-order valence-electron chi connectivity index (χ0n) is 41.3. The minimum Gasteiger partial charge on any atom is -0.333 e. The minimum absolute atomic E-state index is 0.209. The molecule has 1 aromatic heterocycles. The summed E-state index contributed by atoms with van der Waals surface area (Å²) in [6.45, 7) is 0. The van der Waals surface area contributed by atoms with Gasteiger partial charge in [-0.3, -0.25) is 0 Å². The largest absolute Gasteiger partial charge is 0.333 e. The lowest BCUT2D eigenvalue weighted by Gasteiger charge is -2.28. The molecule has 2 aliphatic rings. The fraction of sp³-hybridized carbons (Fsp3) is 0.0278. The van der Waals surface area contributed by atoms with Gasteiger partial charge in [0, 0.05) is 56.4 Å². The Morgan fingerprint density at radius 2 is 0.840 bits per heavy atom. The zero-order chi connectivity index (χ0) is 49.7. The first kappa shape index (κ1) is 44.0. The van der Waals surface area contributed by atoms with Gasteiger partial charge in [-0.15, -0.1) is 0 Å². The summed E-state index contributed by atoms with van der Waals surface area (Å²) in [6, 6.07) is 100.0. The molecule has 2 heterocycles. The molecule has 2 unspecified atom stereocenters. The SMILES string of the molecule is C1=CC2c3cc(N(c4ccc(-c5ccccc5)cc4)c4ccc(-c5cccc6c5ccc5c(-c7ccccc7)c(-c7ccccc7)n(-c7ccc(-c8ccccc8)cc7)c56)cc4)ccc3N(c3ccccc3)C2C=C1. The van der Waals surface area contributed by atoms with E-state index in [4.69, 9.17) is 0 Å². The smallest absolute Gasteiger partial charge is 0.0629 e. The maximum absolute atomic E-state index is 2.51. The average Bonchev–Trinajstić information content (AvgIpc) is 4.06. The van der Waals surface area contributed by atoms with Crippen molar-refractivity contribution >= 4 is 50.1 Å². The molecule has 0 saturated carbocycles. The van der Waals surface area contributed by atoms with Crippen molar-refractivity contribution in [1.82, 2.24) is 4.57 Å². The van der Waals surface area contributed by atoms with Gasteiger partial charge in [0.05, 0.1) is 17.3 Å². The minimum atomic E-state index is 0.209. The Bertz CT molecular complexity index is 4070. The summed E-state index contributed by atoms with van der Waals surface area (Å²) >= 11 is 0. The van der Waals surface area contributed by atoms with Crippen LogP contribution < -0.4 is 9.80 Å². The number of anilines is 5. The van der Waals surface area contributed by atoms with Gasteiger partial charge in [0.15, 0.2) is 0 Å². The second-order valence-electron chi connectivity index (χ2n) is 19.6. The molecule has 14 rings (SSSR count). The third kappa shape index (κ3) is 7.76. The molecule has 75 heavy (non-hydrogen) atoms. The van der Waals surface area contributed by atoms with Crippen molar-refractivity contribution in [2.24, 2.45) is 0 Å². The predicted molar refractivity (Wildman–Crippen MR) is 316 cm³/mol. The van der Waals surface area contributed by atoms with Crippen LogP contribution in [0, 0.1) is 0 Å². The van der Waals surface area contributed by atoms with Crippen molar-refractivity contribution in [3.8, 4) is 61.5 Å². The van der Waals surface area contributed by atoms with Crippen LogP contribution >= 0.6 is 0 Å². The maximum Gasteiger partial charge on any atom is 0.0629 e. The molecule has 0 fully saturated rings. The van der Waals surface area contributed by atoms with Crippen LogP contribution in [0.25, 0.3) is 83.1 Å². The normalized spacial score (nSPS) is 14.5. The van der Waals surface area contributed by atoms with Gasteiger partial charge in [0.25, 0.3) is 0 Å². The van der Waals surface area contributed by atoms with Crippen LogP contribution in [0.1, 0.15) is 11.5 Å². The lowest BCUT2D eigenvalue weighted by atomic mass is 9.91. The van der Waals surface area contributed by atoms with E-state index in [-0.39, 0.29) is 12.0 Å². The number of para-hydroxylation sites is 1. The van der Waals surface area contributed by atoms with Crippen LogP contribution in [-0.2, 0) is 0 Å². The Morgan fingerprint density at radius 1 is 0.333 bits per heavy atom. The molecule has 1 aliphatic heterocycles. The van der Waals surface area contributed by atoms with Gasteiger partial charge < -0.3 is 14.4 Å². The number of nitrogens with zero attached hydrogens (tertiary/aromatic N) is 3. The average molecular weight is 958 g/mol. The van der Waals surface area contributed by atoms with Gasteiger partial charge in [0.1, 0.15) is 0 Å². The molecule has 12 aromatic rings. The van der Waals surface area contributed by atoms with Gasteiger partial charge in [-0.1, -0.05) is 231 Å². The second kappa shape index (κ2) is 18.7. The number of allylic oxidation sites excluding steroid dienone is 2. The van der Waals surface area contributed by atoms with Gasteiger partial charge in [-0.2, -0.15) is 0 Å². The van der Waals surface area contributed by atoms with Gasteiger partial charge in [-0.05, 0) is 122 Å². The fourth-order valence-electron chi connectivity index (χ4n) is 11.9. The topological polar surface area (TPSA) is 11.4 Å². The number of hydrogen-bond acceptors (Lipinski definition) is 2. The molecule has 11 aromatic carbocycles. The number of benzene rings is 11. The fourth-order valence-corrected chi connectivity index (χ4v) is 11.9. The quantitative estimate of drug-likeness (QED) is 0.135. The van der Waals surface area contributed by atoms with Crippen molar-refractivity contribution in [2.75, 3.05) is 9.80 Å². The molecule has 0 N–H and O–H groups in total. The van der Waals surface area contributed by atoms with Gasteiger partial charge >= 0.3 is 0 Å². The summed E-state index contributed by atoms with van der Waals surface area (Å²) in [4.78, 5) is 4.92. The summed E-state index contributed by atoms with van der Waals surface area (Å²) in [7, 11) is 0. The van der Waals surface area contributed by atoms with Crippen LogP contribution in [0.4, 0.5) is 28.4 Å². The molecule has 1 aliphatic carbocycles. The highest BCUT2D eigenvalue weighted by molar-refractivity contribution is 6.18. The van der Waals surface area contributed by atoms with Crippen LogP contribution in [-0.4, -0.2) is 10.6 Å². The monoisotopic (exact) mass is 957 g/mol. The molecule has 0 spiro atoms. The summed E-state index contributed by atoms with van der Waals surface area (Å²) in [6.07, 6.45) is 9.11. The predicted octanol–water partition coefficient (Wildman–Crippen LogP) is 19.3. The third-order valence-electron chi connectivity index (χ3n) is 15.3. The molecule has 354 valence electrons. The highest BCUT2D eigenvalue weighted by atomic mass is 15.2. The molecule has 3 heteroatoms. The number of aromatic nitrogens is 1. The Balaban J connectivity index is 0.915. The lowest BCUT2D eigenvalue weighted by Crippen LogP contribution is -2.28.